The monoisotopic (exact) mass is 333 g/mol. The summed E-state index contributed by atoms with van der Waals surface area (Å²) in [4.78, 5) is 39.0. The maximum absolute atomic E-state index is 12.5. The summed E-state index contributed by atoms with van der Waals surface area (Å²) in [5, 5.41) is 2.68. The second-order valence-corrected chi connectivity index (χ2v) is 5.72. The van der Waals surface area contributed by atoms with Crippen molar-refractivity contribution in [2.45, 2.75) is 40.5 Å². The molecule has 0 aliphatic heterocycles. The van der Waals surface area contributed by atoms with Gasteiger partial charge in [0.1, 0.15) is 6.54 Å². The van der Waals surface area contributed by atoms with Crippen LogP contribution in [0.25, 0.3) is 0 Å². The number of anilines is 2. The summed E-state index contributed by atoms with van der Waals surface area (Å²) in [6.45, 7) is 8.27. The van der Waals surface area contributed by atoms with Gasteiger partial charge in [-0.15, -0.1) is 0 Å². The number of amides is 3. The van der Waals surface area contributed by atoms with Crippen LogP contribution in [0.2, 0.25) is 0 Å². The topological polar surface area (TPSA) is 69.7 Å². The van der Waals surface area contributed by atoms with Crippen LogP contribution in [-0.2, 0) is 14.4 Å². The van der Waals surface area contributed by atoms with Crippen LogP contribution in [0.4, 0.5) is 11.4 Å². The molecule has 0 saturated heterocycles. The van der Waals surface area contributed by atoms with Crippen molar-refractivity contribution < 1.29 is 14.4 Å². The normalized spacial score (nSPS) is 10.2. The molecule has 0 unspecified atom stereocenters. The molecule has 1 aromatic carbocycles. The van der Waals surface area contributed by atoms with Crippen molar-refractivity contribution in [2.24, 2.45) is 0 Å². The van der Waals surface area contributed by atoms with Crippen molar-refractivity contribution >= 4 is 29.1 Å². The van der Waals surface area contributed by atoms with Crippen molar-refractivity contribution in [3.8, 4) is 0 Å². The van der Waals surface area contributed by atoms with Gasteiger partial charge in [-0.25, -0.2) is 0 Å². The molecule has 1 aromatic rings. The lowest BCUT2D eigenvalue weighted by atomic mass is 10.2. The second kappa shape index (κ2) is 9.70. The van der Waals surface area contributed by atoms with Crippen LogP contribution in [0.3, 0.4) is 0 Å². The molecule has 1 rings (SSSR count). The SMILES string of the molecule is CCCN(CCC)C(=O)CN(C(C)=O)c1cccc(NC(C)=O)c1. The third-order valence-corrected chi connectivity index (χ3v) is 3.49. The Hall–Kier alpha value is -2.37. The van der Waals surface area contributed by atoms with Gasteiger partial charge >= 0.3 is 0 Å². The molecule has 0 heterocycles. The van der Waals surface area contributed by atoms with Gasteiger partial charge in [-0.05, 0) is 31.0 Å². The standard InChI is InChI=1S/C18H27N3O3/c1-5-10-20(11-6-2)18(24)13-21(15(4)23)17-9-7-8-16(12-17)19-14(3)22/h7-9,12H,5-6,10-11,13H2,1-4H3,(H,19,22). The van der Waals surface area contributed by atoms with Crippen LogP contribution >= 0.6 is 0 Å². The highest BCUT2D eigenvalue weighted by Gasteiger charge is 2.20. The first kappa shape index (κ1) is 19.7. The summed E-state index contributed by atoms with van der Waals surface area (Å²) in [6, 6.07) is 6.94. The average molecular weight is 333 g/mol. The first-order chi connectivity index (χ1) is 11.4. The maximum atomic E-state index is 12.5. The third-order valence-electron chi connectivity index (χ3n) is 3.49. The zero-order valence-electron chi connectivity index (χ0n) is 15.0. The Morgan fingerprint density at radius 2 is 1.67 bits per heavy atom. The first-order valence-electron chi connectivity index (χ1n) is 8.32. The van der Waals surface area contributed by atoms with E-state index in [0.717, 1.165) is 12.8 Å². The largest absolute Gasteiger partial charge is 0.341 e. The maximum Gasteiger partial charge on any atom is 0.242 e. The zero-order chi connectivity index (χ0) is 18.1. The van der Waals surface area contributed by atoms with Crippen LogP contribution in [0, 0.1) is 0 Å². The lowest BCUT2D eigenvalue weighted by Gasteiger charge is -2.27. The summed E-state index contributed by atoms with van der Waals surface area (Å²) >= 11 is 0. The van der Waals surface area contributed by atoms with Gasteiger partial charge < -0.3 is 15.1 Å². The molecule has 1 N–H and O–H groups in total. The third kappa shape index (κ3) is 6.02. The molecule has 0 saturated carbocycles. The molecule has 0 atom stereocenters. The fourth-order valence-corrected chi connectivity index (χ4v) is 2.48. The van der Waals surface area contributed by atoms with Crippen LogP contribution in [0.5, 0.6) is 0 Å². The van der Waals surface area contributed by atoms with E-state index in [9.17, 15) is 14.4 Å². The smallest absolute Gasteiger partial charge is 0.242 e. The molecule has 0 aliphatic rings. The zero-order valence-corrected chi connectivity index (χ0v) is 15.0. The van der Waals surface area contributed by atoms with Crippen molar-refractivity contribution in [1.82, 2.24) is 4.90 Å². The molecule has 0 fully saturated rings. The quantitative estimate of drug-likeness (QED) is 0.795. The Bertz CT molecular complexity index is 581. The molecule has 6 heteroatoms. The number of rotatable bonds is 8. The van der Waals surface area contributed by atoms with E-state index in [2.05, 4.69) is 5.32 Å². The minimum Gasteiger partial charge on any atom is -0.341 e. The van der Waals surface area contributed by atoms with Gasteiger partial charge in [-0.1, -0.05) is 19.9 Å². The summed E-state index contributed by atoms with van der Waals surface area (Å²) in [7, 11) is 0. The highest BCUT2D eigenvalue weighted by molar-refractivity contribution is 5.98. The Balaban J connectivity index is 2.96. The molecule has 132 valence electrons. The minimum absolute atomic E-state index is 0.00113. The molecular weight excluding hydrogens is 306 g/mol. The minimum atomic E-state index is -0.212. The van der Waals surface area contributed by atoms with Gasteiger partial charge in [0.2, 0.25) is 17.7 Å². The highest BCUT2D eigenvalue weighted by atomic mass is 16.2. The van der Waals surface area contributed by atoms with Gasteiger partial charge in [0.25, 0.3) is 0 Å². The number of carbonyl (C=O) groups excluding carboxylic acids is 3. The predicted octanol–water partition coefficient (Wildman–Crippen LogP) is 2.65. The number of carbonyl (C=O) groups is 3. The summed E-state index contributed by atoms with van der Waals surface area (Å²) in [5.74, 6) is -0.468. The van der Waals surface area contributed by atoms with Gasteiger partial charge in [0, 0.05) is 38.3 Å². The molecule has 24 heavy (non-hydrogen) atoms. The molecule has 0 bridgehead atoms. The molecule has 0 aliphatic carbocycles. The average Bonchev–Trinajstić information content (AvgIpc) is 2.51. The molecule has 0 aromatic heterocycles. The van der Waals surface area contributed by atoms with Crippen molar-refractivity contribution in [3.05, 3.63) is 24.3 Å². The van der Waals surface area contributed by atoms with E-state index in [1.54, 1.807) is 29.2 Å². The van der Waals surface area contributed by atoms with Crippen LogP contribution < -0.4 is 10.2 Å². The van der Waals surface area contributed by atoms with Gasteiger partial charge in [0.05, 0.1) is 0 Å². The predicted molar refractivity (Wildman–Crippen MR) is 95.9 cm³/mol. The molecular formula is C18H27N3O3. The van der Waals surface area contributed by atoms with E-state index in [-0.39, 0.29) is 24.3 Å². The number of benzene rings is 1. The van der Waals surface area contributed by atoms with Crippen molar-refractivity contribution in [3.63, 3.8) is 0 Å². The fraction of sp³-hybridized carbons (Fsp3) is 0.500. The van der Waals surface area contributed by atoms with Crippen molar-refractivity contribution in [1.29, 1.82) is 0 Å². The van der Waals surface area contributed by atoms with Crippen molar-refractivity contribution in [2.75, 3.05) is 29.9 Å². The Kier molecular flexibility index (Phi) is 7.95. The van der Waals surface area contributed by atoms with E-state index < -0.39 is 0 Å². The lowest BCUT2D eigenvalue weighted by molar-refractivity contribution is -0.131. The van der Waals surface area contributed by atoms with Crippen LogP contribution in [-0.4, -0.2) is 42.3 Å². The van der Waals surface area contributed by atoms with Gasteiger partial charge in [0.15, 0.2) is 0 Å². The molecule has 0 spiro atoms. The highest BCUT2D eigenvalue weighted by Crippen LogP contribution is 2.20. The summed E-state index contributed by atoms with van der Waals surface area (Å²) in [6.07, 6.45) is 1.76. The molecule has 0 radical (unpaired) electrons. The van der Waals surface area contributed by atoms with Gasteiger partial charge in [-0.3, -0.25) is 14.4 Å². The van der Waals surface area contributed by atoms with E-state index in [4.69, 9.17) is 0 Å². The van der Waals surface area contributed by atoms with E-state index in [0.29, 0.717) is 24.5 Å². The summed E-state index contributed by atoms with van der Waals surface area (Å²) in [5.41, 5.74) is 1.19. The van der Waals surface area contributed by atoms with Gasteiger partial charge in [-0.2, -0.15) is 0 Å². The number of hydrogen-bond donors (Lipinski definition) is 1. The lowest BCUT2D eigenvalue weighted by Crippen LogP contribution is -2.43. The fourth-order valence-electron chi connectivity index (χ4n) is 2.48. The Morgan fingerprint density at radius 3 is 2.17 bits per heavy atom. The number of hydrogen-bond acceptors (Lipinski definition) is 3. The van der Waals surface area contributed by atoms with E-state index in [1.165, 1.54) is 18.7 Å². The Labute approximate surface area is 143 Å². The molecule has 6 nitrogen and oxygen atoms in total. The number of nitrogens with zero attached hydrogens (tertiary/aromatic N) is 2. The summed E-state index contributed by atoms with van der Waals surface area (Å²) < 4.78 is 0. The van der Waals surface area contributed by atoms with E-state index in [1.807, 2.05) is 13.8 Å². The first-order valence-corrected chi connectivity index (χ1v) is 8.32. The molecule has 3 amide bonds. The van der Waals surface area contributed by atoms with E-state index >= 15 is 0 Å². The number of nitrogens with one attached hydrogen (secondary N) is 1. The Morgan fingerprint density at radius 1 is 1.04 bits per heavy atom. The van der Waals surface area contributed by atoms with Crippen LogP contribution in [0.15, 0.2) is 24.3 Å². The second-order valence-electron chi connectivity index (χ2n) is 5.72. The van der Waals surface area contributed by atoms with Crippen LogP contribution in [0.1, 0.15) is 40.5 Å².